The van der Waals surface area contributed by atoms with Crippen LogP contribution in [0.2, 0.25) is 5.02 Å². The molecule has 8 heteroatoms. The summed E-state index contributed by atoms with van der Waals surface area (Å²) < 4.78 is 11.2. The molecule has 3 rings (SSSR count). The van der Waals surface area contributed by atoms with Gasteiger partial charge < -0.3 is 9.47 Å². The van der Waals surface area contributed by atoms with E-state index in [2.05, 4.69) is 20.7 Å². The molecular formula is C19H17ClN4O3. The number of H-pyrrole nitrogens is 1. The lowest BCUT2D eigenvalue weighted by Gasteiger charge is -2.11. The molecule has 138 valence electrons. The standard InChI is InChI=1S/C19H17ClN4O3/c1-26-17-9-14(10-21-23-15-11-22-24-19(25)18(15)20)7-8-16(17)27-12-13-5-3-2-4-6-13/h2-11H,12H2,1H3,(H2,23,24,25)/b21-10+. The third-order valence-corrected chi connectivity index (χ3v) is 3.99. The molecule has 0 aliphatic carbocycles. The van der Waals surface area contributed by atoms with E-state index in [4.69, 9.17) is 21.1 Å². The van der Waals surface area contributed by atoms with E-state index in [1.165, 1.54) is 6.20 Å². The lowest BCUT2D eigenvalue weighted by Crippen LogP contribution is -2.10. The van der Waals surface area contributed by atoms with Crippen molar-refractivity contribution in [3.8, 4) is 11.5 Å². The smallest absolute Gasteiger partial charge is 0.285 e. The third kappa shape index (κ3) is 4.86. The summed E-state index contributed by atoms with van der Waals surface area (Å²) in [5.74, 6) is 1.22. The Morgan fingerprint density at radius 2 is 2.04 bits per heavy atom. The summed E-state index contributed by atoms with van der Waals surface area (Å²) in [6, 6.07) is 15.3. The number of halogens is 1. The van der Waals surface area contributed by atoms with Gasteiger partial charge in [-0.25, -0.2) is 5.10 Å². The summed E-state index contributed by atoms with van der Waals surface area (Å²) in [5, 5.41) is 9.95. The number of rotatable bonds is 7. The number of nitrogens with zero attached hydrogens (tertiary/aromatic N) is 2. The Morgan fingerprint density at radius 1 is 1.22 bits per heavy atom. The first kappa shape index (κ1) is 18.5. The van der Waals surface area contributed by atoms with E-state index in [0.717, 1.165) is 11.1 Å². The lowest BCUT2D eigenvalue weighted by molar-refractivity contribution is 0.284. The number of hydrogen-bond donors (Lipinski definition) is 2. The van der Waals surface area contributed by atoms with Crippen molar-refractivity contribution in [1.82, 2.24) is 10.2 Å². The number of hydrazone groups is 1. The number of nitrogens with one attached hydrogen (secondary N) is 2. The van der Waals surface area contributed by atoms with E-state index in [0.29, 0.717) is 23.8 Å². The molecule has 0 aliphatic rings. The second-order valence-corrected chi connectivity index (χ2v) is 5.86. The topological polar surface area (TPSA) is 88.6 Å². The van der Waals surface area contributed by atoms with Crippen LogP contribution in [0, 0.1) is 0 Å². The summed E-state index contributed by atoms with van der Waals surface area (Å²) >= 11 is 5.87. The first-order valence-electron chi connectivity index (χ1n) is 8.04. The Kier molecular flexibility index (Phi) is 6.06. The molecule has 0 bridgehead atoms. The second-order valence-electron chi connectivity index (χ2n) is 5.48. The fourth-order valence-electron chi connectivity index (χ4n) is 2.26. The molecule has 0 fully saturated rings. The Hall–Kier alpha value is -3.32. The molecule has 0 atom stereocenters. The quantitative estimate of drug-likeness (QED) is 0.481. The van der Waals surface area contributed by atoms with Crippen molar-refractivity contribution in [2.45, 2.75) is 6.61 Å². The molecule has 0 saturated heterocycles. The zero-order chi connectivity index (χ0) is 19.1. The van der Waals surface area contributed by atoms with Gasteiger partial charge in [0.1, 0.15) is 17.3 Å². The van der Waals surface area contributed by atoms with Gasteiger partial charge in [-0.15, -0.1) is 0 Å². The molecule has 2 N–H and O–H groups in total. The highest BCUT2D eigenvalue weighted by Crippen LogP contribution is 2.28. The summed E-state index contributed by atoms with van der Waals surface area (Å²) in [6.07, 6.45) is 2.95. The van der Waals surface area contributed by atoms with Crippen molar-refractivity contribution in [3.63, 3.8) is 0 Å². The Balaban J connectivity index is 1.68. The van der Waals surface area contributed by atoms with E-state index in [9.17, 15) is 4.79 Å². The van der Waals surface area contributed by atoms with Crippen LogP contribution in [-0.2, 0) is 6.61 Å². The minimum absolute atomic E-state index is 0.00982. The highest BCUT2D eigenvalue weighted by molar-refractivity contribution is 6.32. The first-order chi connectivity index (χ1) is 13.2. The molecule has 0 aliphatic heterocycles. The number of benzene rings is 2. The minimum Gasteiger partial charge on any atom is -0.493 e. The van der Waals surface area contributed by atoms with Crippen LogP contribution in [0.5, 0.6) is 11.5 Å². The van der Waals surface area contributed by atoms with E-state index in [1.54, 1.807) is 19.4 Å². The van der Waals surface area contributed by atoms with Gasteiger partial charge in [-0.2, -0.15) is 10.2 Å². The Labute approximate surface area is 160 Å². The zero-order valence-electron chi connectivity index (χ0n) is 14.5. The number of aromatic amines is 1. The predicted octanol–water partition coefficient (Wildman–Crippen LogP) is 3.46. The molecule has 7 nitrogen and oxygen atoms in total. The maximum Gasteiger partial charge on any atom is 0.285 e. The average Bonchev–Trinajstić information content (AvgIpc) is 2.70. The number of aromatic nitrogens is 2. The molecule has 1 heterocycles. The number of anilines is 1. The summed E-state index contributed by atoms with van der Waals surface area (Å²) in [7, 11) is 1.57. The van der Waals surface area contributed by atoms with E-state index >= 15 is 0 Å². The number of methoxy groups -OCH3 is 1. The molecule has 0 spiro atoms. The largest absolute Gasteiger partial charge is 0.493 e. The van der Waals surface area contributed by atoms with Gasteiger partial charge in [0, 0.05) is 0 Å². The molecule has 3 aromatic rings. The molecule has 1 aromatic heterocycles. The minimum atomic E-state index is -0.488. The average molecular weight is 385 g/mol. The van der Waals surface area contributed by atoms with Gasteiger partial charge in [0.25, 0.3) is 5.56 Å². The second kappa shape index (κ2) is 8.86. The highest BCUT2D eigenvalue weighted by Gasteiger charge is 2.06. The normalized spacial score (nSPS) is 10.7. The molecule has 0 radical (unpaired) electrons. The molecular weight excluding hydrogens is 368 g/mol. The number of hydrogen-bond acceptors (Lipinski definition) is 6. The van der Waals surface area contributed by atoms with Gasteiger partial charge in [0.2, 0.25) is 0 Å². The van der Waals surface area contributed by atoms with Gasteiger partial charge in [-0.3, -0.25) is 10.2 Å². The maximum atomic E-state index is 11.4. The van der Waals surface area contributed by atoms with Crippen LogP contribution in [0.1, 0.15) is 11.1 Å². The SMILES string of the molecule is COc1cc(/C=N/Nc2cn[nH]c(=O)c2Cl)ccc1OCc1ccccc1. The third-order valence-electron chi connectivity index (χ3n) is 3.62. The lowest BCUT2D eigenvalue weighted by atomic mass is 10.2. The molecule has 0 amide bonds. The monoisotopic (exact) mass is 384 g/mol. The predicted molar refractivity (Wildman–Crippen MR) is 105 cm³/mol. The van der Waals surface area contributed by atoms with E-state index in [-0.39, 0.29) is 5.02 Å². The zero-order valence-corrected chi connectivity index (χ0v) is 15.2. The van der Waals surface area contributed by atoms with Gasteiger partial charge >= 0.3 is 0 Å². The van der Waals surface area contributed by atoms with Crippen molar-refractivity contribution in [2.24, 2.45) is 5.10 Å². The summed E-state index contributed by atoms with van der Waals surface area (Å²) in [4.78, 5) is 11.4. The van der Waals surface area contributed by atoms with E-state index in [1.807, 2.05) is 42.5 Å². The van der Waals surface area contributed by atoms with Gasteiger partial charge in [-0.05, 0) is 29.3 Å². The van der Waals surface area contributed by atoms with Crippen LogP contribution in [-0.4, -0.2) is 23.5 Å². The fourth-order valence-corrected chi connectivity index (χ4v) is 2.39. The fraction of sp³-hybridized carbons (Fsp3) is 0.105. The van der Waals surface area contributed by atoms with Crippen molar-refractivity contribution >= 4 is 23.5 Å². The van der Waals surface area contributed by atoms with Gasteiger partial charge in [0.05, 0.1) is 19.5 Å². The van der Waals surface area contributed by atoms with Crippen LogP contribution in [0.3, 0.4) is 0 Å². The van der Waals surface area contributed by atoms with E-state index < -0.39 is 5.56 Å². The summed E-state index contributed by atoms with van der Waals surface area (Å²) in [5.41, 5.74) is 4.35. The van der Waals surface area contributed by atoms with Crippen LogP contribution in [0.4, 0.5) is 5.69 Å². The highest BCUT2D eigenvalue weighted by atomic mass is 35.5. The van der Waals surface area contributed by atoms with Gasteiger partial charge in [0.15, 0.2) is 11.5 Å². The summed E-state index contributed by atoms with van der Waals surface area (Å²) in [6.45, 7) is 0.445. The Bertz CT molecular complexity index is 990. The van der Waals surface area contributed by atoms with Crippen molar-refractivity contribution in [3.05, 3.63) is 81.2 Å². The van der Waals surface area contributed by atoms with Crippen LogP contribution < -0.4 is 20.5 Å². The van der Waals surface area contributed by atoms with Crippen LogP contribution in [0.15, 0.2) is 64.6 Å². The van der Waals surface area contributed by atoms with Crippen molar-refractivity contribution < 1.29 is 9.47 Å². The molecule has 2 aromatic carbocycles. The van der Waals surface area contributed by atoms with Crippen molar-refractivity contribution in [1.29, 1.82) is 0 Å². The molecule has 0 unspecified atom stereocenters. The van der Waals surface area contributed by atoms with Crippen molar-refractivity contribution in [2.75, 3.05) is 12.5 Å². The molecule has 27 heavy (non-hydrogen) atoms. The van der Waals surface area contributed by atoms with Crippen LogP contribution in [0.25, 0.3) is 0 Å². The number of ether oxygens (including phenoxy) is 2. The van der Waals surface area contributed by atoms with Crippen LogP contribution >= 0.6 is 11.6 Å². The van der Waals surface area contributed by atoms with Gasteiger partial charge in [-0.1, -0.05) is 41.9 Å². The first-order valence-corrected chi connectivity index (χ1v) is 8.42. The maximum absolute atomic E-state index is 11.4. The Morgan fingerprint density at radius 3 is 2.81 bits per heavy atom. The molecule has 0 saturated carbocycles.